The number of carbonyl (C=O) groups excluding carboxylic acids is 1. The predicted molar refractivity (Wildman–Crippen MR) is 73.5 cm³/mol. The molecule has 0 aromatic heterocycles. The summed E-state index contributed by atoms with van der Waals surface area (Å²) < 4.78 is 0. The standard InChI is InChI=1S/C12H16N2O4S/c1-3-8(7-15)13-12(16)10-6-9(19-2)4-5-11(10)14(17)18/h4-6,8,15H,3,7H2,1-2H3,(H,13,16). The molecule has 0 spiro atoms. The molecular formula is C12H16N2O4S. The molecule has 0 radical (unpaired) electrons. The Kier molecular flexibility index (Phi) is 5.78. The van der Waals surface area contributed by atoms with Crippen molar-refractivity contribution in [3.05, 3.63) is 33.9 Å². The monoisotopic (exact) mass is 284 g/mol. The average Bonchev–Trinajstić information content (AvgIpc) is 2.43. The number of amides is 1. The van der Waals surface area contributed by atoms with Gasteiger partial charge in [-0.25, -0.2) is 0 Å². The zero-order chi connectivity index (χ0) is 14.4. The van der Waals surface area contributed by atoms with Crippen LogP contribution in [-0.2, 0) is 0 Å². The van der Waals surface area contributed by atoms with E-state index in [4.69, 9.17) is 5.11 Å². The second kappa shape index (κ2) is 7.10. The fraction of sp³-hybridized carbons (Fsp3) is 0.417. The molecule has 1 unspecified atom stereocenters. The average molecular weight is 284 g/mol. The van der Waals surface area contributed by atoms with Crippen LogP contribution >= 0.6 is 11.8 Å². The lowest BCUT2D eigenvalue weighted by Gasteiger charge is -2.14. The van der Waals surface area contributed by atoms with E-state index in [0.29, 0.717) is 6.42 Å². The van der Waals surface area contributed by atoms with Crippen molar-refractivity contribution in [2.45, 2.75) is 24.3 Å². The summed E-state index contributed by atoms with van der Waals surface area (Å²) in [5, 5.41) is 22.5. The topological polar surface area (TPSA) is 92.5 Å². The fourth-order valence-electron chi connectivity index (χ4n) is 1.52. The SMILES string of the molecule is CCC(CO)NC(=O)c1cc(SC)ccc1[N+](=O)[O-]. The van der Waals surface area contributed by atoms with Crippen molar-refractivity contribution >= 4 is 23.4 Å². The number of aliphatic hydroxyl groups is 1. The highest BCUT2D eigenvalue weighted by molar-refractivity contribution is 7.98. The van der Waals surface area contributed by atoms with Gasteiger partial charge < -0.3 is 10.4 Å². The number of benzene rings is 1. The van der Waals surface area contributed by atoms with Gasteiger partial charge in [0.15, 0.2) is 0 Å². The Labute approximate surface area is 115 Å². The third kappa shape index (κ3) is 3.93. The summed E-state index contributed by atoms with van der Waals surface area (Å²) in [6, 6.07) is 4.01. The van der Waals surface area contributed by atoms with Gasteiger partial charge in [-0.3, -0.25) is 14.9 Å². The minimum absolute atomic E-state index is 0.0174. The maximum Gasteiger partial charge on any atom is 0.282 e. The van der Waals surface area contributed by atoms with Crippen molar-refractivity contribution < 1.29 is 14.8 Å². The van der Waals surface area contributed by atoms with Crippen LogP contribution in [0.3, 0.4) is 0 Å². The molecule has 0 bridgehead atoms. The van der Waals surface area contributed by atoms with E-state index >= 15 is 0 Å². The number of carbonyl (C=O) groups is 1. The van der Waals surface area contributed by atoms with E-state index in [-0.39, 0.29) is 17.9 Å². The number of nitrogens with one attached hydrogen (secondary N) is 1. The number of thioether (sulfide) groups is 1. The van der Waals surface area contributed by atoms with Gasteiger partial charge in [0.25, 0.3) is 11.6 Å². The molecule has 1 aromatic rings. The van der Waals surface area contributed by atoms with Crippen molar-refractivity contribution in [3.63, 3.8) is 0 Å². The number of nitrogens with zero attached hydrogens (tertiary/aromatic N) is 1. The van der Waals surface area contributed by atoms with E-state index in [1.165, 1.54) is 23.9 Å². The highest BCUT2D eigenvalue weighted by Gasteiger charge is 2.22. The Morgan fingerprint density at radius 1 is 1.58 bits per heavy atom. The van der Waals surface area contributed by atoms with Gasteiger partial charge >= 0.3 is 0 Å². The molecule has 0 aliphatic heterocycles. The first kappa shape index (κ1) is 15.5. The lowest BCUT2D eigenvalue weighted by molar-refractivity contribution is -0.385. The van der Waals surface area contributed by atoms with Gasteiger partial charge in [0.1, 0.15) is 5.56 Å². The van der Waals surface area contributed by atoms with Crippen LogP contribution in [0.5, 0.6) is 0 Å². The molecule has 1 amide bonds. The lowest BCUT2D eigenvalue weighted by Crippen LogP contribution is -2.37. The largest absolute Gasteiger partial charge is 0.394 e. The number of hydrogen-bond acceptors (Lipinski definition) is 5. The summed E-state index contributed by atoms with van der Waals surface area (Å²) >= 11 is 1.40. The zero-order valence-electron chi connectivity index (χ0n) is 10.8. The quantitative estimate of drug-likeness (QED) is 0.472. The lowest BCUT2D eigenvalue weighted by atomic mass is 10.1. The van der Waals surface area contributed by atoms with E-state index < -0.39 is 16.9 Å². The van der Waals surface area contributed by atoms with E-state index in [9.17, 15) is 14.9 Å². The van der Waals surface area contributed by atoms with Crippen LogP contribution in [0.15, 0.2) is 23.1 Å². The highest BCUT2D eigenvalue weighted by Crippen LogP contribution is 2.24. The van der Waals surface area contributed by atoms with Crippen LogP contribution in [0, 0.1) is 10.1 Å². The van der Waals surface area contributed by atoms with Crippen molar-refractivity contribution in [3.8, 4) is 0 Å². The third-order valence-corrected chi connectivity index (χ3v) is 3.42. The molecule has 1 rings (SSSR count). The first-order valence-electron chi connectivity index (χ1n) is 5.77. The molecule has 0 aliphatic rings. The summed E-state index contributed by atoms with van der Waals surface area (Å²) in [7, 11) is 0. The first-order chi connectivity index (χ1) is 9.03. The molecule has 0 fully saturated rings. The Morgan fingerprint density at radius 2 is 2.26 bits per heavy atom. The van der Waals surface area contributed by atoms with Gasteiger partial charge in [-0.1, -0.05) is 6.92 Å². The van der Waals surface area contributed by atoms with Gasteiger partial charge in [0.2, 0.25) is 0 Å². The smallest absolute Gasteiger partial charge is 0.282 e. The number of aliphatic hydroxyl groups excluding tert-OH is 1. The summed E-state index contributed by atoms with van der Waals surface area (Å²) in [4.78, 5) is 23.1. The molecule has 19 heavy (non-hydrogen) atoms. The minimum atomic E-state index is -0.584. The van der Waals surface area contributed by atoms with Crippen LogP contribution in [-0.4, -0.2) is 34.8 Å². The summed E-state index contributed by atoms with van der Waals surface area (Å²) in [5.41, 5.74) is -0.216. The summed E-state index contributed by atoms with van der Waals surface area (Å²) in [6.07, 6.45) is 2.38. The number of nitro benzene ring substituents is 1. The molecule has 0 saturated carbocycles. The fourth-order valence-corrected chi connectivity index (χ4v) is 1.96. The molecule has 0 aliphatic carbocycles. The normalized spacial score (nSPS) is 11.9. The summed E-state index contributed by atoms with van der Waals surface area (Å²) in [5.74, 6) is -0.538. The first-order valence-corrected chi connectivity index (χ1v) is 7.00. The van der Waals surface area contributed by atoms with Gasteiger partial charge in [-0.05, 0) is 24.8 Å². The second-order valence-corrected chi connectivity index (χ2v) is 4.78. The maximum absolute atomic E-state index is 12.0. The van der Waals surface area contributed by atoms with Gasteiger partial charge in [0, 0.05) is 11.0 Å². The van der Waals surface area contributed by atoms with E-state index in [0.717, 1.165) is 4.90 Å². The van der Waals surface area contributed by atoms with Crippen LogP contribution in [0.2, 0.25) is 0 Å². The zero-order valence-corrected chi connectivity index (χ0v) is 11.6. The van der Waals surface area contributed by atoms with E-state index in [1.54, 1.807) is 6.07 Å². The Bertz CT molecular complexity index is 475. The van der Waals surface area contributed by atoms with E-state index in [2.05, 4.69) is 5.32 Å². The van der Waals surface area contributed by atoms with Crippen LogP contribution in [0.25, 0.3) is 0 Å². The summed E-state index contributed by atoms with van der Waals surface area (Å²) in [6.45, 7) is 1.62. The Hall–Kier alpha value is -1.60. The highest BCUT2D eigenvalue weighted by atomic mass is 32.2. The molecule has 1 aromatic carbocycles. The molecule has 0 saturated heterocycles. The van der Waals surface area contributed by atoms with Crippen molar-refractivity contribution in [2.24, 2.45) is 0 Å². The molecule has 7 heteroatoms. The van der Waals surface area contributed by atoms with Gasteiger partial charge in [-0.15, -0.1) is 11.8 Å². The van der Waals surface area contributed by atoms with Gasteiger partial charge in [-0.2, -0.15) is 0 Å². The Morgan fingerprint density at radius 3 is 2.74 bits per heavy atom. The van der Waals surface area contributed by atoms with Crippen LogP contribution < -0.4 is 5.32 Å². The number of rotatable bonds is 6. The minimum Gasteiger partial charge on any atom is -0.394 e. The van der Waals surface area contributed by atoms with Gasteiger partial charge in [0.05, 0.1) is 17.6 Å². The molecular weight excluding hydrogens is 268 g/mol. The molecule has 2 N–H and O–H groups in total. The van der Waals surface area contributed by atoms with E-state index in [1.807, 2.05) is 13.2 Å². The molecule has 6 nitrogen and oxygen atoms in total. The molecule has 104 valence electrons. The number of hydrogen-bond donors (Lipinski definition) is 2. The Balaban J connectivity index is 3.08. The van der Waals surface area contributed by atoms with Crippen molar-refractivity contribution in [1.29, 1.82) is 0 Å². The number of nitro groups is 1. The molecule has 1 atom stereocenters. The van der Waals surface area contributed by atoms with Crippen molar-refractivity contribution in [2.75, 3.05) is 12.9 Å². The second-order valence-electron chi connectivity index (χ2n) is 3.90. The van der Waals surface area contributed by atoms with Crippen LogP contribution in [0.4, 0.5) is 5.69 Å². The predicted octanol–water partition coefficient (Wildman–Crippen LogP) is 1.82. The maximum atomic E-state index is 12.0. The van der Waals surface area contributed by atoms with Crippen molar-refractivity contribution in [1.82, 2.24) is 5.32 Å². The van der Waals surface area contributed by atoms with Crippen LogP contribution in [0.1, 0.15) is 23.7 Å². The molecule has 0 heterocycles. The third-order valence-electron chi connectivity index (χ3n) is 2.69.